The Balaban J connectivity index is 2.14. The lowest BCUT2D eigenvalue weighted by molar-refractivity contribution is -0.147. The summed E-state index contributed by atoms with van der Waals surface area (Å²) in [7, 11) is 0. The van der Waals surface area contributed by atoms with Crippen LogP contribution in [0.3, 0.4) is 0 Å². The molecule has 1 fully saturated rings. The molecule has 0 aromatic rings. The number of urea groups is 1. The maximum Gasteiger partial charge on any atom is 0.329 e. The van der Waals surface area contributed by atoms with Crippen LogP contribution in [0.4, 0.5) is 4.79 Å². The molecule has 0 radical (unpaired) electrons. The van der Waals surface area contributed by atoms with E-state index in [0.29, 0.717) is 26.1 Å². The van der Waals surface area contributed by atoms with E-state index in [4.69, 9.17) is 0 Å². The van der Waals surface area contributed by atoms with E-state index in [9.17, 15) is 14.7 Å². The van der Waals surface area contributed by atoms with Crippen LogP contribution < -0.4 is 0 Å². The van der Waals surface area contributed by atoms with Crippen molar-refractivity contribution in [3.8, 4) is 0 Å². The van der Waals surface area contributed by atoms with Gasteiger partial charge in [0.05, 0.1) is 0 Å². The quantitative estimate of drug-likeness (QED) is 0.722. The molecule has 0 bridgehead atoms. The number of carbonyl (C=O) groups is 2. The molecule has 1 unspecified atom stereocenters. The zero-order valence-electron chi connectivity index (χ0n) is 11.0. The lowest BCUT2D eigenvalue weighted by Gasteiger charge is -2.37. The molecule has 1 atom stereocenters. The van der Waals surface area contributed by atoms with Crippen molar-refractivity contribution in [3.63, 3.8) is 0 Å². The van der Waals surface area contributed by atoms with Crippen LogP contribution in [-0.4, -0.2) is 52.1 Å². The molecular weight excluding hydrogens is 232 g/mol. The molecule has 2 aliphatic heterocycles. The van der Waals surface area contributed by atoms with Gasteiger partial charge in [-0.2, -0.15) is 0 Å². The van der Waals surface area contributed by atoms with Crippen molar-refractivity contribution >= 4 is 12.0 Å². The van der Waals surface area contributed by atoms with Crippen molar-refractivity contribution in [2.45, 2.75) is 38.6 Å². The van der Waals surface area contributed by atoms with Crippen molar-refractivity contribution in [1.82, 2.24) is 9.80 Å². The lowest BCUT2D eigenvalue weighted by Crippen LogP contribution is -2.55. The number of carboxylic acid groups (broad SMARTS) is 1. The monoisotopic (exact) mass is 252 g/mol. The summed E-state index contributed by atoms with van der Waals surface area (Å²) in [5.41, 5.74) is 0.136. The average molecular weight is 252 g/mol. The number of hydrogen-bond donors (Lipinski definition) is 1. The van der Waals surface area contributed by atoms with Gasteiger partial charge in [0.2, 0.25) is 0 Å². The number of carbonyl (C=O) groups excluding carboxylic acids is 1. The van der Waals surface area contributed by atoms with Crippen molar-refractivity contribution < 1.29 is 14.7 Å². The molecule has 0 aromatic carbocycles. The van der Waals surface area contributed by atoms with E-state index in [1.807, 2.05) is 6.92 Å². The fraction of sp³-hybridized carbons (Fsp3) is 0.692. The Morgan fingerprint density at radius 1 is 1.39 bits per heavy atom. The number of amides is 2. The van der Waals surface area contributed by atoms with Crippen LogP contribution in [-0.2, 0) is 4.79 Å². The van der Waals surface area contributed by atoms with E-state index >= 15 is 0 Å². The van der Waals surface area contributed by atoms with Gasteiger partial charge in [-0.05, 0) is 33.1 Å². The highest BCUT2D eigenvalue weighted by Crippen LogP contribution is 2.30. The summed E-state index contributed by atoms with van der Waals surface area (Å²) in [5.74, 6) is -0.905. The molecule has 0 spiro atoms. The molecule has 5 nitrogen and oxygen atoms in total. The Hall–Kier alpha value is -1.52. The number of hydrogen-bond acceptors (Lipinski definition) is 2. The molecule has 2 amide bonds. The van der Waals surface area contributed by atoms with Crippen LogP contribution in [0.15, 0.2) is 11.6 Å². The van der Waals surface area contributed by atoms with E-state index in [1.54, 1.807) is 11.8 Å². The fourth-order valence-electron chi connectivity index (χ4n) is 2.74. The third-order valence-corrected chi connectivity index (χ3v) is 3.94. The Bertz CT molecular complexity index is 405. The summed E-state index contributed by atoms with van der Waals surface area (Å²) in [6, 6.07) is -0.134. The predicted octanol–water partition coefficient (Wildman–Crippen LogP) is 1.70. The average Bonchev–Trinajstić information content (AvgIpc) is 2.72. The molecular formula is C13H20N2O3. The zero-order chi connectivity index (χ0) is 13.3. The molecule has 0 aliphatic carbocycles. The maximum atomic E-state index is 12.4. The van der Waals surface area contributed by atoms with Gasteiger partial charge in [-0.3, -0.25) is 0 Å². The first-order valence-corrected chi connectivity index (χ1v) is 6.41. The van der Waals surface area contributed by atoms with Crippen molar-refractivity contribution in [3.05, 3.63) is 11.6 Å². The van der Waals surface area contributed by atoms with Crippen molar-refractivity contribution in [2.75, 3.05) is 19.6 Å². The standard InChI is InChI=1S/C13H20N2O3/c1-10-5-3-7-14(9-10)12(18)15-8-4-6-13(15,2)11(16)17/h5H,3-4,6-9H2,1-2H3,(H,16,17). The van der Waals surface area contributed by atoms with Crippen molar-refractivity contribution in [2.24, 2.45) is 0 Å². The minimum absolute atomic E-state index is 0.134. The van der Waals surface area contributed by atoms with Gasteiger partial charge in [-0.15, -0.1) is 0 Å². The smallest absolute Gasteiger partial charge is 0.329 e. The Morgan fingerprint density at radius 3 is 2.72 bits per heavy atom. The van der Waals surface area contributed by atoms with E-state index < -0.39 is 11.5 Å². The maximum absolute atomic E-state index is 12.4. The van der Waals surface area contributed by atoms with Gasteiger partial charge < -0.3 is 14.9 Å². The minimum atomic E-state index is -1.04. The van der Waals surface area contributed by atoms with Crippen molar-refractivity contribution in [1.29, 1.82) is 0 Å². The summed E-state index contributed by atoms with van der Waals surface area (Å²) >= 11 is 0. The van der Waals surface area contributed by atoms with E-state index in [1.165, 1.54) is 10.5 Å². The molecule has 1 saturated heterocycles. The molecule has 2 aliphatic rings. The largest absolute Gasteiger partial charge is 0.480 e. The van der Waals surface area contributed by atoms with Gasteiger partial charge in [0.25, 0.3) is 0 Å². The molecule has 2 heterocycles. The van der Waals surface area contributed by atoms with E-state index in [2.05, 4.69) is 6.08 Å². The van der Waals surface area contributed by atoms with Gasteiger partial charge in [0, 0.05) is 19.6 Å². The van der Waals surface area contributed by atoms with Gasteiger partial charge >= 0.3 is 12.0 Å². The summed E-state index contributed by atoms with van der Waals surface area (Å²) in [6.45, 7) is 5.49. The first-order chi connectivity index (χ1) is 8.45. The molecule has 100 valence electrons. The van der Waals surface area contributed by atoms with Crippen LogP contribution in [0, 0.1) is 0 Å². The summed E-state index contributed by atoms with van der Waals surface area (Å²) < 4.78 is 0. The number of rotatable bonds is 1. The number of aliphatic carboxylic acids is 1. The second kappa shape index (κ2) is 4.63. The Labute approximate surface area is 107 Å². The van der Waals surface area contributed by atoms with Crippen LogP contribution in [0.1, 0.15) is 33.1 Å². The highest BCUT2D eigenvalue weighted by Gasteiger charge is 2.47. The van der Waals surface area contributed by atoms with Crippen LogP contribution in [0.5, 0.6) is 0 Å². The summed E-state index contributed by atoms with van der Waals surface area (Å²) in [5, 5.41) is 9.32. The normalized spacial score (nSPS) is 28.2. The Kier molecular flexibility index (Phi) is 3.32. The number of likely N-dealkylation sites (tertiary alicyclic amines) is 1. The van der Waals surface area contributed by atoms with Crippen LogP contribution >= 0.6 is 0 Å². The van der Waals surface area contributed by atoms with E-state index in [-0.39, 0.29) is 6.03 Å². The second-order valence-electron chi connectivity index (χ2n) is 5.38. The van der Waals surface area contributed by atoms with Gasteiger partial charge in [0.15, 0.2) is 0 Å². The molecule has 1 N–H and O–H groups in total. The number of carboxylic acids is 1. The summed E-state index contributed by atoms with van der Waals surface area (Å²) in [6.07, 6.45) is 4.29. The third kappa shape index (κ3) is 2.09. The highest BCUT2D eigenvalue weighted by atomic mass is 16.4. The molecule has 5 heteroatoms. The number of nitrogens with zero attached hydrogens (tertiary/aromatic N) is 2. The third-order valence-electron chi connectivity index (χ3n) is 3.94. The lowest BCUT2D eigenvalue weighted by atomic mass is 9.99. The molecule has 0 saturated carbocycles. The van der Waals surface area contributed by atoms with Gasteiger partial charge in [-0.25, -0.2) is 9.59 Å². The zero-order valence-corrected chi connectivity index (χ0v) is 11.0. The van der Waals surface area contributed by atoms with Crippen LogP contribution in [0.2, 0.25) is 0 Å². The molecule has 18 heavy (non-hydrogen) atoms. The first kappa shape index (κ1) is 12.9. The Morgan fingerprint density at radius 2 is 2.11 bits per heavy atom. The highest BCUT2D eigenvalue weighted by molar-refractivity contribution is 5.86. The fourth-order valence-corrected chi connectivity index (χ4v) is 2.74. The topological polar surface area (TPSA) is 60.9 Å². The predicted molar refractivity (Wildman–Crippen MR) is 67.3 cm³/mol. The molecule has 0 aromatic heterocycles. The van der Waals surface area contributed by atoms with Crippen LogP contribution in [0.25, 0.3) is 0 Å². The second-order valence-corrected chi connectivity index (χ2v) is 5.38. The molecule has 2 rings (SSSR count). The first-order valence-electron chi connectivity index (χ1n) is 6.41. The SMILES string of the molecule is CC1=CCCN(C(=O)N2CCCC2(C)C(=O)O)C1. The van der Waals surface area contributed by atoms with Gasteiger partial charge in [-0.1, -0.05) is 11.6 Å². The summed E-state index contributed by atoms with van der Waals surface area (Å²) in [4.78, 5) is 27.1. The van der Waals surface area contributed by atoms with Gasteiger partial charge in [0.1, 0.15) is 5.54 Å². The minimum Gasteiger partial charge on any atom is -0.480 e. The van der Waals surface area contributed by atoms with E-state index in [0.717, 1.165) is 12.8 Å².